The SMILES string of the molecule is C=C1CCC(c2cc(F)ccc2C)(S(=O)(=O)c2ccc(Cl)cc2)CC1. The molecule has 132 valence electrons. The molecule has 2 aromatic rings. The molecule has 0 amide bonds. The molecular weight excluding hydrogens is 359 g/mol. The summed E-state index contributed by atoms with van der Waals surface area (Å²) in [5.74, 6) is -0.421. The number of benzene rings is 2. The van der Waals surface area contributed by atoms with Gasteiger partial charge in [0.05, 0.1) is 4.90 Å². The fourth-order valence-electron chi connectivity index (χ4n) is 3.61. The summed E-state index contributed by atoms with van der Waals surface area (Å²) in [5, 5.41) is 0.479. The van der Waals surface area contributed by atoms with Crippen molar-refractivity contribution >= 4 is 21.4 Å². The Morgan fingerprint density at radius 3 is 2.28 bits per heavy atom. The van der Waals surface area contributed by atoms with E-state index in [4.69, 9.17) is 11.6 Å². The molecule has 1 fully saturated rings. The normalized spacial score (nSPS) is 17.5. The Morgan fingerprint density at radius 2 is 1.68 bits per heavy atom. The van der Waals surface area contributed by atoms with Crippen molar-refractivity contribution in [3.05, 3.63) is 76.6 Å². The van der Waals surface area contributed by atoms with Gasteiger partial charge in [-0.3, -0.25) is 0 Å². The number of aryl methyl sites for hydroxylation is 1. The Labute approximate surface area is 153 Å². The summed E-state index contributed by atoms with van der Waals surface area (Å²) in [6, 6.07) is 10.6. The van der Waals surface area contributed by atoms with E-state index in [1.54, 1.807) is 18.2 Å². The first-order valence-electron chi connectivity index (χ1n) is 8.20. The van der Waals surface area contributed by atoms with Gasteiger partial charge in [0.15, 0.2) is 9.84 Å². The second-order valence-electron chi connectivity index (χ2n) is 6.66. The Balaban J connectivity index is 2.23. The van der Waals surface area contributed by atoms with E-state index in [1.165, 1.54) is 24.3 Å². The van der Waals surface area contributed by atoms with Crippen molar-refractivity contribution < 1.29 is 12.8 Å². The summed E-state index contributed by atoms with van der Waals surface area (Å²) >= 11 is 5.91. The maximum atomic E-state index is 14.0. The molecule has 0 spiro atoms. The standard InChI is InChI=1S/C20H20ClFO2S/c1-14-9-11-20(12-10-14,19-13-17(22)6-3-15(19)2)25(23,24)18-7-4-16(21)5-8-18/h3-8,13H,1,9-12H2,2H3. The van der Waals surface area contributed by atoms with Crippen LogP contribution in [0.5, 0.6) is 0 Å². The highest BCUT2D eigenvalue weighted by Crippen LogP contribution is 2.49. The molecule has 1 aliphatic rings. The van der Waals surface area contributed by atoms with Crippen molar-refractivity contribution in [1.82, 2.24) is 0 Å². The van der Waals surface area contributed by atoms with E-state index in [0.717, 1.165) is 11.1 Å². The average molecular weight is 379 g/mol. The first-order chi connectivity index (χ1) is 11.8. The van der Waals surface area contributed by atoms with E-state index < -0.39 is 20.4 Å². The molecule has 0 bridgehead atoms. The Kier molecular flexibility index (Phi) is 4.78. The van der Waals surface area contributed by atoms with Gasteiger partial charge >= 0.3 is 0 Å². The Morgan fingerprint density at radius 1 is 1.08 bits per heavy atom. The third-order valence-electron chi connectivity index (χ3n) is 5.09. The highest BCUT2D eigenvalue weighted by molar-refractivity contribution is 7.92. The van der Waals surface area contributed by atoms with Crippen LogP contribution in [0.1, 0.15) is 36.8 Å². The number of hydrogen-bond acceptors (Lipinski definition) is 2. The van der Waals surface area contributed by atoms with Crippen LogP contribution < -0.4 is 0 Å². The highest BCUT2D eigenvalue weighted by Gasteiger charge is 2.48. The monoisotopic (exact) mass is 378 g/mol. The Bertz CT molecular complexity index is 907. The molecule has 0 heterocycles. The van der Waals surface area contributed by atoms with Gasteiger partial charge in [-0.2, -0.15) is 0 Å². The van der Waals surface area contributed by atoms with Crippen molar-refractivity contribution in [2.45, 2.75) is 42.2 Å². The van der Waals surface area contributed by atoms with Crippen molar-refractivity contribution in [2.75, 3.05) is 0 Å². The topological polar surface area (TPSA) is 34.1 Å². The van der Waals surface area contributed by atoms with Gasteiger partial charge < -0.3 is 0 Å². The minimum atomic E-state index is -3.72. The predicted molar refractivity (Wildman–Crippen MR) is 99.1 cm³/mol. The summed E-state index contributed by atoms with van der Waals surface area (Å²) in [4.78, 5) is 0.216. The van der Waals surface area contributed by atoms with Crippen molar-refractivity contribution in [3.8, 4) is 0 Å². The van der Waals surface area contributed by atoms with Gasteiger partial charge in [0, 0.05) is 5.02 Å². The van der Waals surface area contributed by atoms with Crippen LogP contribution in [0.3, 0.4) is 0 Å². The smallest absolute Gasteiger partial charge is 0.188 e. The molecule has 0 aliphatic heterocycles. The molecular formula is C20H20ClFO2S. The number of sulfone groups is 1. The number of hydrogen-bond donors (Lipinski definition) is 0. The Hall–Kier alpha value is -1.65. The van der Waals surface area contributed by atoms with Crippen LogP contribution in [0.15, 0.2) is 59.5 Å². The highest BCUT2D eigenvalue weighted by atomic mass is 35.5. The van der Waals surface area contributed by atoms with Crippen LogP contribution in [-0.4, -0.2) is 8.42 Å². The third-order valence-corrected chi connectivity index (χ3v) is 7.90. The average Bonchev–Trinajstić information content (AvgIpc) is 2.58. The van der Waals surface area contributed by atoms with Gasteiger partial charge in [0.1, 0.15) is 10.6 Å². The maximum absolute atomic E-state index is 14.0. The van der Waals surface area contributed by atoms with E-state index >= 15 is 0 Å². The van der Waals surface area contributed by atoms with Crippen LogP contribution in [0.25, 0.3) is 0 Å². The largest absolute Gasteiger partial charge is 0.223 e. The molecule has 1 saturated carbocycles. The van der Waals surface area contributed by atoms with Crippen LogP contribution in [0.2, 0.25) is 5.02 Å². The third kappa shape index (κ3) is 3.13. The van der Waals surface area contributed by atoms with Crippen LogP contribution in [0.4, 0.5) is 4.39 Å². The molecule has 0 aromatic heterocycles. The summed E-state index contributed by atoms with van der Waals surface area (Å²) < 4.78 is 40.0. The fraction of sp³-hybridized carbons (Fsp3) is 0.300. The molecule has 1 aliphatic carbocycles. The van der Waals surface area contributed by atoms with Gasteiger partial charge in [-0.05, 0) is 80.1 Å². The molecule has 0 radical (unpaired) electrons. The zero-order chi connectivity index (χ0) is 18.2. The second kappa shape index (κ2) is 6.58. The minimum Gasteiger partial charge on any atom is -0.223 e. The summed E-state index contributed by atoms with van der Waals surface area (Å²) in [7, 11) is -3.72. The lowest BCUT2D eigenvalue weighted by molar-refractivity contribution is 0.426. The second-order valence-corrected chi connectivity index (χ2v) is 9.36. The molecule has 2 nitrogen and oxygen atoms in total. The zero-order valence-electron chi connectivity index (χ0n) is 14.1. The fourth-order valence-corrected chi connectivity index (χ4v) is 5.94. The lowest BCUT2D eigenvalue weighted by Gasteiger charge is -2.39. The molecule has 3 rings (SSSR count). The van der Waals surface area contributed by atoms with E-state index in [9.17, 15) is 12.8 Å². The molecule has 5 heteroatoms. The van der Waals surface area contributed by atoms with Gasteiger partial charge in [-0.1, -0.05) is 29.8 Å². The molecule has 0 atom stereocenters. The molecule has 0 unspecified atom stereocenters. The lowest BCUT2D eigenvalue weighted by Crippen LogP contribution is -2.39. The number of halogens is 2. The van der Waals surface area contributed by atoms with E-state index in [0.29, 0.717) is 36.3 Å². The van der Waals surface area contributed by atoms with Crippen LogP contribution >= 0.6 is 11.6 Å². The molecule has 0 saturated heterocycles. The van der Waals surface area contributed by atoms with Crippen molar-refractivity contribution in [2.24, 2.45) is 0 Å². The van der Waals surface area contributed by atoms with Gasteiger partial charge in [-0.25, -0.2) is 12.8 Å². The number of allylic oxidation sites excluding steroid dienone is 1. The van der Waals surface area contributed by atoms with Crippen molar-refractivity contribution in [1.29, 1.82) is 0 Å². The molecule has 2 aromatic carbocycles. The summed E-state index contributed by atoms with van der Waals surface area (Å²) in [6.45, 7) is 5.82. The molecule has 0 N–H and O–H groups in total. The minimum absolute atomic E-state index is 0.216. The first-order valence-corrected chi connectivity index (χ1v) is 10.1. The quantitative estimate of drug-likeness (QED) is 0.652. The number of rotatable bonds is 3. The van der Waals surface area contributed by atoms with Crippen molar-refractivity contribution in [3.63, 3.8) is 0 Å². The first kappa shape index (κ1) is 18.2. The summed E-state index contributed by atoms with van der Waals surface area (Å²) in [5.41, 5.74) is 2.37. The van der Waals surface area contributed by atoms with Gasteiger partial charge in [0.2, 0.25) is 0 Å². The van der Waals surface area contributed by atoms with Gasteiger partial charge in [0.25, 0.3) is 0 Å². The maximum Gasteiger partial charge on any atom is 0.188 e. The lowest BCUT2D eigenvalue weighted by atomic mass is 9.79. The van der Waals surface area contributed by atoms with E-state index in [-0.39, 0.29) is 4.90 Å². The predicted octanol–water partition coefficient (Wildman–Crippen LogP) is 5.59. The van der Waals surface area contributed by atoms with E-state index in [1.807, 2.05) is 6.92 Å². The van der Waals surface area contributed by atoms with Gasteiger partial charge in [-0.15, -0.1) is 0 Å². The zero-order valence-corrected chi connectivity index (χ0v) is 15.6. The summed E-state index contributed by atoms with van der Waals surface area (Å²) in [6.07, 6.45) is 2.04. The van der Waals surface area contributed by atoms with Crippen LogP contribution in [0, 0.1) is 12.7 Å². The molecule has 25 heavy (non-hydrogen) atoms. The van der Waals surface area contributed by atoms with E-state index in [2.05, 4.69) is 6.58 Å². The van der Waals surface area contributed by atoms with Crippen LogP contribution in [-0.2, 0) is 14.6 Å².